The molecule has 4 rings (SSSR count). The summed E-state index contributed by atoms with van der Waals surface area (Å²) in [6.07, 6.45) is -0.500. The predicted octanol–water partition coefficient (Wildman–Crippen LogP) is 3.33. The summed E-state index contributed by atoms with van der Waals surface area (Å²) < 4.78 is 68.6. The van der Waals surface area contributed by atoms with Crippen molar-refractivity contribution in [2.75, 3.05) is 5.32 Å². The highest BCUT2D eigenvalue weighted by molar-refractivity contribution is 6.05. The van der Waals surface area contributed by atoms with Crippen molar-refractivity contribution in [1.29, 1.82) is 5.26 Å². The smallest absolute Gasteiger partial charge is 0.320 e. The van der Waals surface area contributed by atoms with E-state index < -0.39 is 41.5 Å². The Morgan fingerprint density at radius 3 is 2.32 bits per heavy atom. The number of pyridine rings is 1. The quantitative estimate of drug-likeness (QED) is 0.444. The average Bonchev–Trinajstić information content (AvgIpc) is 3.43. The molecule has 0 atom stereocenters. The van der Waals surface area contributed by atoms with Crippen LogP contribution in [0.15, 0.2) is 49.1 Å². The summed E-state index contributed by atoms with van der Waals surface area (Å²) in [6, 6.07) is 5.32. The van der Waals surface area contributed by atoms with Crippen molar-refractivity contribution < 1.29 is 26.7 Å². The molecule has 0 bridgehead atoms. The van der Waals surface area contributed by atoms with Gasteiger partial charge in [0.1, 0.15) is 23.3 Å². The lowest BCUT2D eigenvalue weighted by atomic mass is 10.2. The van der Waals surface area contributed by atoms with E-state index in [1.54, 1.807) is 0 Å². The van der Waals surface area contributed by atoms with Gasteiger partial charge < -0.3 is 5.32 Å². The van der Waals surface area contributed by atoms with E-state index in [4.69, 9.17) is 0 Å². The molecule has 0 saturated carbocycles. The molecule has 0 aliphatic rings. The average molecular weight is 474 g/mol. The minimum atomic E-state index is -5.01. The van der Waals surface area contributed by atoms with E-state index in [1.165, 1.54) is 18.5 Å². The zero-order chi connectivity index (χ0) is 24.5. The summed E-state index contributed by atoms with van der Waals surface area (Å²) in [6.45, 7) is -0.636. The Morgan fingerprint density at radius 2 is 1.71 bits per heavy atom. The van der Waals surface area contributed by atoms with Crippen LogP contribution < -0.4 is 5.32 Å². The van der Waals surface area contributed by atoms with Crippen LogP contribution in [0.2, 0.25) is 0 Å². The number of nitrogens with zero attached hydrogens (tertiary/aromatic N) is 7. The second-order valence-electron chi connectivity index (χ2n) is 6.82. The molecule has 0 unspecified atom stereocenters. The molecule has 14 heteroatoms. The Balaban J connectivity index is 1.64. The Hall–Kier alpha value is -4.67. The highest BCUT2D eigenvalue weighted by Crippen LogP contribution is 2.33. The standard InChI is InChI=1S/C20H11F5N8O/c21-13-3-11(4-14(22)6-13)10-32-17(20(23,24)25)16(9-30-32)19(34)31-15-5-12(7-26)18(27-8-15)33-28-1-2-29-33/h1-6,8-9H,10H2,(H,31,34). The van der Waals surface area contributed by atoms with E-state index >= 15 is 0 Å². The number of benzene rings is 1. The molecule has 3 aromatic heterocycles. The first kappa shape index (κ1) is 22.5. The van der Waals surface area contributed by atoms with Crippen molar-refractivity contribution >= 4 is 11.6 Å². The fourth-order valence-electron chi connectivity index (χ4n) is 3.14. The summed E-state index contributed by atoms with van der Waals surface area (Å²) in [5.41, 5.74) is -2.48. The molecule has 0 radical (unpaired) electrons. The number of anilines is 1. The number of carbonyl (C=O) groups is 1. The first-order valence-electron chi connectivity index (χ1n) is 9.32. The highest BCUT2D eigenvalue weighted by atomic mass is 19.4. The van der Waals surface area contributed by atoms with Crippen LogP contribution in [0.25, 0.3) is 5.82 Å². The highest BCUT2D eigenvalue weighted by Gasteiger charge is 2.40. The number of carbonyl (C=O) groups excluding carboxylic acids is 1. The summed E-state index contributed by atoms with van der Waals surface area (Å²) >= 11 is 0. The van der Waals surface area contributed by atoms with Crippen LogP contribution in [0.4, 0.5) is 27.6 Å². The zero-order valence-electron chi connectivity index (χ0n) is 16.8. The van der Waals surface area contributed by atoms with E-state index in [1.807, 2.05) is 6.07 Å². The molecule has 1 aromatic carbocycles. The third-order valence-electron chi connectivity index (χ3n) is 4.46. The molecule has 4 aromatic rings. The van der Waals surface area contributed by atoms with E-state index in [0.717, 1.165) is 23.1 Å². The predicted molar refractivity (Wildman–Crippen MR) is 105 cm³/mol. The van der Waals surface area contributed by atoms with E-state index in [0.29, 0.717) is 16.9 Å². The van der Waals surface area contributed by atoms with Crippen LogP contribution in [-0.4, -0.2) is 35.7 Å². The van der Waals surface area contributed by atoms with Crippen molar-refractivity contribution in [1.82, 2.24) is 29.8 Å². The van der Waals surface area contributed by atoms with Gasteiger partial charge in [-0.2, -0.15) is 33.7 Å². The molecule has 1 amide bonds. The van der Waals surface area contributed by atoms with Crippen molar-refractivity contribution in [2.24, 2.45) is 0 Å². The summed E-state index contributed by atoms with van der Waals surface area (Å²) in [5.74, 6) is -3.07. The molecule has 1 N–H and O–H groups in total. The van der Waals surface area contributed by atoms with Crippen molar-refractivity contribution in [3.05, 3.63) is 83.1 Å². The molecule has 0 fully saturated rings. The molecule has 0 spiro atoms. The summed E-state index contributed by atoms with van der Waals surface area (Å²) in [7, 11) is 0. The first-order valence-corrected chi connectivity index (χ1v) is 9.32. The van der Waals surface area contributed by atoms with Gasteiger partial charge in [-0.15, -0.1) is 4.80 Å². The summed E-state index contributed by atoms with van der Waals surface area (Å²) in [4.78, 5) is 17.7. The van der Waals surface area contributed by atoms with E-state index in [-0.39, 0.29) is 22.6 Å². The van der Waals surface area contributed by atoms with Gasteiger partial charge in [-0.25, -0.2) is 13.8 Å². The molecule has 0 saturated heterocycles. The Bertz CT molecular complexity index is 1390. The lowest BCUT2D eigenvalue weighted by Crippen LogP contribution is -2.22. The maximum atomic E-state index is 13.8. The van der Waals surface area contributed by atoms with Gasteiger partial charge in [-0.05, 0) is 23.8 Å². The second-order valence-corrected chi connectivity index (χ2v) is 6.82. The van der Waals surface area contributed by atoms with Gasteiger partial charge in [0.15, 0.2) is 11.5 Å². The summed E-state index contributed by atoms with van der Waals surface area (Å²) in [5, 5.41) is 22.8. The zero-order valence-corrected chi connectivity index (χ0v) is 16.8. The van der Waals surface area contributed by atoms with Crippen molar-refractivity contribution in [3.8, 4) is 11.9 Å². The van der Waals surface area contributed by atoms with Crippen LogP contribution in [-0.2, 0) is 12.7 Å². The topological polar surface area (TPSA) is 114 Å². The van der Waals surface area contributed by atoms with Crippen LogP contribution in [0.5, 0.6) is 0 Å². The van der Waals surface area contributed by atoms with Gasteiger partial charge in [0.05, 0.1) is 42.6 Å². The van der Waals surface area contributed by atoms with Gasteiger partial charge in [-0.3, -0.25) is 9.48 Å². The number of aromatic nitrogens is 6. The van der Waals surface area contributed by atoms with Crippen LogP contribution in [0.1, 0.15) is 27.2 Å². The van der Waals surface area contributed by atoms with Gasteiger partial charge in [-0.1, -0.05) is 0 Å². The maximum Gasteiger partial charge on any atom is 0.433 e. The number of nitrogens with one attached hydrogen (secondary N) is 1. The number of rotatable bonds is 5. The molecule has 34 heavy (non-hydrogen) atoms. The maximum absolute atomic E-state index is 13.8. The molecule has 9 nitrogen and oxygen atoms in total. The number of amides is 1. The van der Waals surface area contributed by atoms with Gasteiger partial charge in [0.2, 0.25) is 0 Å². The second kappa shape index (κ2) is 8.70. The Morgan fingerprint density at radius 1 is 1.03 bits per heavy atom. The largest absolute Gasteiger partial charge is 0.433 e. The van der Waals surface area contributed by atoms with Gasteiger partial charge >= 0.3 is 6.18 Å². The molecule has 3 heterocycles. The van der Waals surface area contributed by atoms with E-state index in [9.17, 15) is 32.0 Å². The lowest BCUT2D eigenvalue weighted by molar-refractivity contribution is -0.144. The number of hydrogen-bond donors (Lipinski definition) is 1. The fraction of sp³-hybridized carbons (Fsp3) is 0.100. The number of alkyl halides is 3. The number of nitriles is 1. The van der Waals surface area contributed by atoms with Crippen LogP contribution in [0, 0.1) is 23.0 Å². The first-order chi connectivity index (χ1) is 16.2. The third-order valence-corrected chi connectivity index (χ3v) is 4.46. The van der Waals surface area contributed by atoms with Crippen LogP contribution >= 0.6 is 0 Å². The molecule has 0 aliphatic carbocycles. The molecular formula is C20H11F5N8O. The van der Waals surface area contributed by atoms with Gasteiger partial charge in [0.25, 0.3) is 5.91 Å². The fourth-order valence-corrected chi connectivity index (χ4v) is 3.14. The molecular weight excluding hydrogens is 463 g/mol. The number of hydrogen-bond acceptors (Lipinski definition) is 6. The Labute approximate surface area is 187 Å². The SMILES string of the molecule is N#Cc1cc(NC(=O)c2cnn(Cc3cc(F)cc(F)c3)c2C(F)(F)F)cnc1-n1nccn1. The third kappa shape index (κ3) is 4.58. The minimum Gasteiger partial charge on any atom is -0.320 e. The molecule has 0 aliphatic heterocycles. The Kier molecular flexibility index (Phi) is 5.76. The minimum absolute atomic E-state index is 0.0473. The normalized spacial score (nSPS) is 11.3. The van der Waals surface area contributed by atoms with Crippen LogP contribution in [0.3, 0.4) is 0 Å². The lowest BCUT2D eigenvalue weighted by Gasteiger charge is -2.13. The van der Waals surface area contributed by atoms with Crippen molar-refractivity contribution in [3.63, 3.8) is 0 Å². The van der Waals surface area contributed by atoms with Gasteiger partial charge in [0, 0.05) is 6.07 Å². The van der Waals surface area contributed by atoms with E-state index in [2.05, 4.69) is 25.6 Å². The monoisotopic (exact) mass is 474 g/mol. The van der Waals surface area contributed by atoms with Crippen molar-refractivity contribution in [2.45, 2.75) is 12.7 Å². The molecule has 172 valence electrons. The number of halogens is 5.